The number of rotatable bonds is 9. The van der Waals surface area contributed by atoms with Crippen LogP contribution in [0.25, 0.3) is 11.1 Å². The van der Waals surface area contributed by atoms with Gasteiger partial charge in [-0.1, -0.05) is 73.3 Å². The lowest BCUT2D eigenvalue weighted by atomic mass is 10.00. The molecule has 2 aromatic carbocycles. The predicted molar refractivity (Wildman–Crippen MR) is 116 cm³/mol. The molecule has 0 radical (unpaired) electrons. The fourth-order valence-corrected chi connectivity index (χ4v) is 4.09. The summed E-state index contributed by atoms with van der Waals surface area (Å²) in [6, 6.07) is 17.6. The zero-order valence-corrected chi connectivity index (χ0v) is 17.3. The van der Waals surface area contributed by atoms with Crippen molar-refractivity contribution in [3.63, 3.8) is 0 Å². The minimum Gasteiger partial charge on any atom is -0.479 e. The molecule has 0 aromatic heterocycles. The Bertz CT molecular complexity index is 770. The quantitative estimate of drug-likeness (QED) is 0.398. The number of hydrogen-bond donors (Lipinski definition) is 0. The Morgan fingerprint density at radius 2 is 1.63 bits per heavy atom. The summed E-state index contributed by atoms with van der Waals surface area (Å²) in [6.45, 7) is 4.15. The fraction of sp³-hybridized carbons (Fsp3) is 0.318. The first-order valence-corrected chi connectivity index (χ1v) is 10.4. The van der Waals surface area contributed by atoms with Gasteiger partial charge in [-0.15, -0.1) is 0 Å². The maximum Gasteiger partial charge on any atom is 0.220 e. The molecule has 0 heterocycles. The molecule has 27 heavy (non-hydrogen) atoms. The number of carbonyl (C=O) groups excluding carboxylic acids is 2. The topological polar surface area (TPSA) is 43.4 Å². The Labute approximate surface area is 170 Å². The number of hydrogen-bond acceptors (Lipinski definition) is 5. The normalized spacial score (nSPS) is 11.6. The van der Waals surface area contributed by atoms with Crippen molar-refractivity contribution in [2.75, 3.05) is 6.61 Å². The average molecular weight is 401 g/mol. The monoisotopic (exact) mass is 400 g/mol. The summed E-state index contributed by atoms with van der Waals surface area (Å²) < 4.78 is 5.64. The van der Waals surface area contributed by atoms with E-state index in [1.54, 1.807) is 0 Å². The Morgan fingerprint density at radius 3 is 2.22 bits per heavy atom. The van der Waals surface area contributed by atoms with Crippen LogP contribution in [-0.4, -0.2) is 27.8 Å². The van der Waals surface area contributed by atoms with Crippen molar-refractivity contribution in [1.82, 2.24) is 0 Å². The van der Waals surface area contributed by atoms with Crippen LogP contribution < -0.4 is 0 Å². The number of Topliss-reactive ketones (excluding diaryl/α,β-unsaturated/α-hetero) is 2. The van der Waals surface area contributed by atoms with E-state index in [0.717, 1.165) is 11.1 Å². The van der Waals surface area contributed by atoms with E-state index in [1.807, 2.05) is 68.4 Å². The SMILES string of the molecule is CCOC(=S)SC(CCC(=O)c1ccc(-c2ccccc2)cc1)C(=O)CC. The van der Waals surface area contributed by atoms with Crippen LogP contribution in [0.15, 0.2) is 54.6 Å². The molecule has 0 N–H and O–H groups in total. The lowest BCUT2D eigenvalue weighted by molar-refractivity contribution is -0.118. The van der Waals surface area contributed by atoms with Gasteiger partial charge in [0.15, 0.2) is 5.78 Å². The van der Waals surface area contributed by atoms with Gasteiger partial charge in [-0.2, -0.15) is 0 Å². The largest absolute Gasteiger partial charge is 0.479 e. The molecule has 1 atom stereocenters. The van der Waals surface area contributed by atoms with Gasteiger partial charge in [-0.05, 0) is 36.7 Å². The summed E-state index contributed by atoms with van der Waals surface area (Å²) in [4.78, 5) is 24.7. The highest BCUT2D eigenvalue weighted by molar-refractivity contribution is 8.23. The Morgan fingerprint density at radius 1 is 1.00 bits per heavy atom. The molecule has 2 rings (SSSR count). The molecule has 0 bridgehead atoms. The average Bonchev–Trinajstić information content (AvgIpc) is 2.71. The molecule has 1 unspecified atom stereocenters. The number of ether oxygens (including phenoxy) is 1. The van der Waals surface area contributed by atoms with Gasteiger partial charge in [0.2, 0.25) is 4.38 Å². The van der Waals surface area contributed by atoms with Crippen LogP contribution in [-0.2, 0) is 9.53 Å². The minimum atomic E-state index is -0.332. The van der Waals surface area contributed by atoms with E-state index >= 15 is 0 Å². The van der Waals surface area contributed by atoms with Crippen molar-refractivity contribution >= 4 is 39.9 Å². The summed E-state index contributed by atoms with van der Waals surface area (Å²) in [5.74, 6) is 0.126. The Hall–Kier alpha value is -1.98. The molecule has 0 spiro atoms. The van der Waals surface area contributed by atoms with Gasteiger partial charge < -0.3 is 4.74 Å². The third kappa shape index (κ3) is 6.60. The van der Waals surface area contributed by atoms with Crippen LogP contribution in [0.3, 0.4) is 0 Å². The molecule has 3 nitrogen and oxygen atoms in total. The van der Waals surface area contributed by atoms with Crippen molar-refractivity contribution in [2.24, 2.45) is 0 Å². The number of thiocarbonyl (C=S) groups is 1. The highest BCUT2D eigenvalue weighted by atomic mass is 32.2. The zero-order chi connectivity index (χ0) is 19.6. The Balaban J connectivity index is 1.98. The maximum absolute atomic E-state index is 12.5. The van der Waals surface area contributed by atoms with Gasteiger partial charge in [0, 0.05) is 18.4 Å². The molecule has 2 aromatic rings. The number of carbonyl (C=O) groups is 2. The van der Waals surface area contributed by atoms with Crippen molar-refractivity contribution < 1.29 is 14.3 Å². The van der Waals surface area contributed by atoms with Gasteiger partial charge in [-0.3, -0.25) is 9.59 Å². The van der Waals surface area contributed by atoms with Gasteiger partial charge in [0.1, 0.15) is 5.78 Å². The summed E-state index contributed by atoms with van der Waals surface area (Å²) in [7, 11) is 0. The van der Waals surface area contributed by atoms with Gasteiger partial charge >= 0.3 is 0 Å². The second-order valence-electron chi connectivity index (χ2n) is 6.01. The van der Waals surface area contributed by atoms with Crippen LogP contribution >= 0.6 is 24.0 Å². The predicted octanol–water partition coefficient (Wildman–Crippen LogP) is 5.72. The van der Waals surface area contributed by atoms with Crippen molar-refractivity contribution in [2.45, 2.75) is 38.4 Å². The van der Waals surface area contributed by atoms with Crippen molar-refractivity contribution in [3.8, 4) is 11.1 Å². The lowest BCUT2D eigenvalue weighted by Gasteiger charge is -2.14. The van der Waals surface area contributed by atoms with E-state index in [-0.39, 0.29) is 16.8 Å². The second-order valence-corrected chi connectivity index (χ2v) is 7.82. The first-order chi connectivity index (χ1) is 13.0. The van der Waals surface area contributed by atoms with Crippen molar-refractivity contribution in [1.29, 1.82) is 0 Å². The van der Waals surface area contributed by atoms with Crippen LogP contribution in [0.1, 0.15) is 43.5 Å². The third-order valence-electron chi connectivity index (χ3n) is 4.16. The highest BCUT2D eigenvalue weighted by Crippen LogP contribution is 2.24. The number of benzene rings is 2. The number of thioether (sulfide) groups is 1. The smallest absolute Gasteiger partial charge is 0.220 e. The van der Waals surface area contributed by atoms with Gasteiger partial charge in [0.05, 0.1) is 11.9 Å². The van der Waals surface area contributed by atoms with Crippen molar-refractivity contribution in [3.05, 3.63) is 60.2 Å². The molecule has 0 amide bonds. The molecule has 5 heteroatoms. The first-order valence-electron chi connectivity index (χ1n) is 9.10. The van der Waals surface area contributed by atoms with E-state index in [2.05, 4.69) is 0 Å². The molecular formula is C22H24O3S2. The van der Waals surface area contributed by atoms with Gasteiger partial charge in [-0.25, -0.2) is 0 Å². The molecule has 0 aliphatic heterocycles. The summed E-state index contributed by atoms with van der Waals surface area (Å²) in [5, 5.41) is -0.332. The first kappa shape index (κ1) is 21.3. The van der Waals surface area contributed by atoms with Crippen LogP contribution in [0.5, 0.6) is 0 Å². The summed E-state index contributed by atoms with van der Waals surface area (Å²) in [5.41, 5.74) is 2.85. The molecule has 0 fully saturated rings. The maximum atomic E-state index is 12.5. The van der Waals surface area contributed by atoms with E-state index in [4.69, 9.17) is 17.0 Å². The number of ketones is 2. The Kier molecular flexibility index (Phi) is 8.69. The van der Waals surface area contributed by atoms with E-state index in [9.17, 15) is 9.59 Å². The van der Waals surface area contributed by atoms with E-state index in [1.165, 1.54) is 11.8 Å². The molecular weight excluding hydrogens is 376 g/mol. The summed E-state index contributed by atoms with van der Waals surface area (Å²) in [6.07, 6.45) is 1.19. The molecule has 0 saturated heterocycles. The summed E-state index contributed by atoms with van der Waals surface area (Å²) >= 11 is 6.38. The lowest BCUT2D eigenvalue weighted by Crippen LogP contribution is -2.20. The van der Waals surface area contributed by atoms with Crippen LogP contribution in [0.4, 0.5) is 0 Å². The van der Waals surface area contributed by atoms with E-state index in [0.29, 0.717) is 35.8 Å². The third-order valence-corrected chi connectivity index (χ3v) is 5.66. The van der Waals surface area contributed by atoms with Crippen LogP contribution in [0, 0.1) is 0 Å². The fourth-order valence-electron chi connectivity index (χ4n) is 2.67. The van der Waals surface area contributed by atoms with E-state index < -0.39 is 0 Å². The highest BCUT2D eigenvalue weighted by Gasteiger charge is 2.21. The van der Waals surface area contributed by atoms with Gasteiger partial charge in [0.25, 0.3) is 0 Å². The standard InChI is InChI=1S/C22H24O3S2/c1-3-19(23)21(27-22(26)25-4-2)15-14-20(24)18-12-10-17(11-13-18)16-8-6-5-7-9-16/h5-13,21H,3-4,14-15H2,1-2H3. The second kappa shape index (κ2) is 11.0. The molecule has 0 saturated carbocycles. The molecule has 0 aliphatic carbocycles. The van der Waals surface area contributed by atoms with Crippen LogP contribution in [0.2, 0.25) is 0 Å². The molecule has 0 aliphatic rings. The molecule has 142 valence electrons. The zero-order valence-electron chi connectivity index (χ0n) is 15.6. The minimum absolute atomic E-state index is 0.0337.